The predicted octanol–water partition coefficient (Wildman–Crippen LogP) is 5.99. The Balaban J connectivity index is -0.000000378. The fraction of sp³-hybridized carbons (Fsp3) is 0.913. The third kappa shape index (κ3) is 15.6. The Kier molecular flexibility index (Phi) is 27.3. The molecule has 1 saturated heterocycles. The molecule has 0 aromatic heterocycles. The van der Waals surface area contributed by atoms with E-state index < -0.39 is 12.1 Å². The average molecular weight is 508 g/mol. The molecule has 1 N–H and O–H groups in total. The number of ether oxygens (including phenoxy) is 2. The van der Waals surface area contributed by atoms with Gasteiger partial charge in [0.15, 0.2) is 0 Å². The normalized spacial score (nSPS) is 15.8. The molecule has 0 aromatic rings. The van der Waals surface area contributed by atoms with E-state index >= 15 is 0 Å². The molecule has 1 fully saturated rings. The summed E-state index contributed by atoms with van der Waals surface area (Å²) in [7, 11) is 0. The summed E-state index contributed by atoms with van der Waals surface area (Å²) in [5, 5.41) is 2.92. The SMILES string of the molecule is C.C.CCCCC.CCCOC(NC(=O)[C@@H]1CCCN1C(=O)OC(C)C)C(C)C.[Y]. The van der Waals surface area contributed by atoms with E-state index in [1.54, 1.807) is 13.8 Å². The Bertz CT molecular complexity index is 418. The molecular weight excluding hydrogens is 457 g/mol. The van der Waals surface area contributed by atoms with Gasteiger partial charge in [-0.25, -0.2) is 4.79 Å². The zero-order valence-electron chi connectivity index (χ0n) is 19.1. The first-order valence-electron chi connectivity index (χ1n) is 10.7. The monoisotopic (exact) mass is 507 g/mol. The van der Waals surface area contributed by atoms with E-state index in [2.05, 4.69) is 19.2 Å². The van der Waals surface area contributed by atoms with E-state index in [4.69, 9.17) is 9.47 Å². The molecule has 2 atom stereocenters. The summed E-state index contributed by atoms with van der Waals surface area (Å²) in [6.45, 7) is 15.2. The van der Waals surface area contributed by atoms with Crippen LogP contribution in [-0.2, 0) is 47.0 Å². The number of likely N-dealkylation sites (tertiary alicyclic amines) is 1. The van der Waals surface area contributed by atoms with Crippen LogP contribution >= 0.6 is 0 Å². The van der Waals surface area contributed by atoms with E-state index in [-0.39, 0.29) is 71.7 Å². The van der Waals surface area contributed by atoms with E-state index in [9.17, 15) is 9.59 Å². The van der Waals surface area contributed by atoms with Gasteiger partial charge in [-0.2, -0.15) is 0 Å². The van der Waals surface area contributed by atoms with Gasteiger partial charge in [-0.05, 0) is 39.0 Å². The summed E-state index contributed by atoms with van der Waals surface area (Å²) < 4.78 is 10.9. The first-order valence-corrected chi connectivity index (χ1v) is 10.7. The molecule has 179 valence electrons. The van der Waals surface area contributed by atoms with Crippen LogP contribution < -0.4 is 5.32 Å². The molecule has 1 aliphatic heterocycles. The Labute approximate surface area is 212 Å². The van der Waals surface area contributed by atoms with E-state index in [1.807, 2.05) is 20.8 Å². The molecule has 0 aromatic carbocycles. The van der Waals surface area contributed by atoms with Crippen LogP contribution in [0, 0.1) is 5.92 Å². The number of nitrogens with one attached hydrogen (secondary N) is 1. The zero-order valence-corrected chi connectivity index (χ0v) is 22.0. The first-order chi connectivity index (χ1) is 12.8. The van der Waals surface area contributed by atoms with Crippen LogP contribution in [0.5, 0.6) is 0 Å². The summed E-state index contributed by atoms with van der Waals surface area (Å²) in [5.74, 6) is 0.0148. The van der Waals surface area contributed by atoms with Gasteiger partial charge in [0, 0.05) is 45.9 Å². The molecule has 0 aliphatic carbocycles. The molecule has 0 saturated carbocycles. The molecule has 1 unspecified atom stereocenters. The maximum atomic E-state index is 12.5. The van der Waals surface area contributed by atoms with E-state index in [1.165, 1.54) is 24.2 Å². The molecule has 1 heterocycles. The molecule has 7 heteroatoms. The summed E-state index contributed by atoms with van der Waals surface area (Å²) in [5.41, 5.74) is 0. The third-order valence-electron chi connectivity index (χ3n) is 4.23. The van der Waals surface area contributed by atoms with Gasteiger partial charge < -0.3 is 14.8 Å². The summed E-state index contributed by atoms with van der Waals surface area (Å²) >= 11 is 0. The third-order valence-corrected chi connectivity index (χ3v) is 4.23. The van der Waals surface area contributed by atoms with Crippen molar-refractivity contribution >= 4 is 12.0 Å². The van der Waals surface area contributed by atoms with Crippen molar-refractivity contribution < 1.29 is 51.8 Å². The predicted molar refractivity (Wildman–Crippen MR) is 123 cm³/mol. The van der Waals surface area contributed by atoms with Crippen molar-refractivity contribution in [2.24, 2.45) is 5.92 Å². The smallest absolute Gasteiger partial charge is 0.410 e. The van der Waals surface area contributed by atoms with Gasteiger partial charge in [0.05, 0.1) is 6.10 Å². The van der Waals surface area contributed by atoms with Gasteiger partial charge in [-0.3, -0.25) is 9.69 Å². The Morgan fingerprint density at radius 3 is 2.00 bits per heavy atom. The number of carbonyl (C=O) groups excluding carboxylic acids is 2. The number of nitrogens with zero attached hydrogens (tertiary/aromatic N) is 1. The van der Waals surface area contributed by atoms with Crippen molar-refractivity contribution in [3.8, 4) is 0 Å². The number of unbranched alkanes of at least 4 members (excludes halogenated alkanes) is 2. The van der Waals surface area contributed by atoms with Gasteiger partial charge in [0.25, 0.3) is 0 Å². The molecule has 6 nitrogen and oxygen atoms in total. The quantitative estimate of drug-likeness (QED) is 0.390. The fourth-order valence-corrected chi connectivity index (χ4v) is 2.76. The number of hydrogen-bond donors (Lipinski definition) is 1. The van der Waals surface area contributed by atoms with Crippen molar-refractivity contribution in [2.45, 2.75) is 120 Å². The van der Waals surface area contributed by atoms with Crippen molar-refractivity contribution in [1.29, 1.82) is 0 Å². The molecule has 1 radical (unpaired) electrons. The van der Waals surface area contributed by atoms with Crippen LogP contribution in [0.4, 0.5) is 4.79 Å². The van der Waals surface area contributed by atoms with Crippen LogP contribution in [0.15, 0.2) is 0 Å². The van der Waals surface area contributed by atoms with Crippen LogP contribution in [0.25, 0.3) is 0 Å². The maximum absolute atomic E-state index is 12.5. The van der Waals surface area contributed by atoms with Gasteiger partial charge >= 0.3 is 6.09 Å². The van der Waals surface area contributed by atoms with Crippen LogP contribution in [0.3, 0.4) is 0 Å². The second-order valence-electron chi connectivity index (χ2n) is 7.68. The zero-order chi connectivity index (χ0) is 20.8. The average Bonchev–Trinajstić information content (AvgIpc) is 3.09. The van der Waals surface area contributed by atoms with Crippen molar-refractivity contribution in [3.63, 3.8) is 0 Å². The summed E-state index contributed by atoms with van der Waals surface area (Å²) in [6, 6.07) is -0.460. The standard InChI is InChI=1S/C16H30N2O4.C5H12.2CH4.Y/c1-6-10-21-15(11(2)3)17-14(19)13-8-7-9-18(13)16(20)22-12(4)5;1-3-5-4-2;;;/h11-13,15H,6-10H2,1-5H3,(H,17,19);3-5H2,1-2H3;2*1H4;/t13-,15?;;;;/m0..../s1. The van der Waals surface area contributed by atoms with Crippen LogP contribution in [0.1, 0.15) is 102 Å². The minimum absolute atomic E-state index is 0. The van der Waals surface area contributed by atoms with E-state index in [0.717, 1.165) is 12.8 Å². The van der Waals surface area contributed by atoms with Gasteiger partial charge in [0.1, 0.15) is 12.3 Å². The molecule has 30 heavy (non-hydrogen) atoms. The Hall–Kier alpha value is -0.196. The van der Waals surface area contributed by atoms with Crippen molar-refractivity contribution in [1.82, 2.24) is 10.2 Å². The second kappa shape index (κ2) is 22.0. The minimum Gasteiger partial charge on any atom is -0.447 e. The van der Waals surface area contributed by atoms with Crippen LogP contribution in [-0.4, -0.2) is 48.4 Å². The first kappa shape index (κ1) is 37.1. The second-order valence-corrected chi connectivity index (χ2v) is 7.68. The molecule has 1 aliphatic rings. The van der Waals surface area contributed by atoms with Gasteiger partial charge in [0.2, 0.25) is 5.91 Å². The number of rotatable bonds is 9. The molecule has 0 spiro atoms. The van der Waals surface area contributed by atoms with E-state index in [0.29, 0.717) is 19.6 Å². The number of amides is 2. The van der Waals surface area contributed by atoms with Gasteiger partial charge in [-0.15, -0.1) is 0 Å². The number of carbonyl (C=O) groups is 2. The summed E-state index contributed by atoms with van der Waals surface area (Å²) in [4.78, 5) is 26.1. The molecule has 0 bridgehead atoms. The fourth-order valence-electron chi connectivity index (χ4n) is 2.76. The molecule has 1 rings (SSSR count). The minimum atomic E-state index is -0.460. The van der Waals surface area contributed by atoms with Crippen molar-refractivity contribution in [3.05, 3.63) is 0 Å². The Morgan fingerprint density at radius 1 is 1.03 bits per heavy atom. The topological polar surface area (TPSA) is 67.9 Å². The summed E-state index contributed by atoms with van der Waals surface area (Å²) in [6.07, 6.45) is 5.53. The molecular formula is C23H50N2O4Y. The number of hydrogen-bond acceptors (Lipinski definition) is 4. The van der Waals surface area contributed by atoms with Crippen LogP contribution in [0.2, 0.25) is 0 Å². The van der Waals surface area contributed by atoms with Crippen molar-refractivity contribution in [2.75, 3.05) is 13.2 Å². The van der Waals surface area contributed by atoms with Gasteiger partial charge in [-0.1, -0.05) is 68.7 Å². The molecule has 2 amide bonds. The largest absolute Gasteiger partial charge is 0.447 e. The maximum Gasteiger partial charge on any atom is 0.410 e. The Morgan fingerprint density at radius 2 is 1.60 bits per heavy atom.